The molecule has 1 aliphatic rings. The standard InChI is InChI=1S/C18H21N7O3/c1-27-14-5-3-2-4-13(14)17-21-15(28-23-17)6-7-16(26)24-8-10-25(11-9-24)18-19-12-20-22-18/h2-5,12H,6-11H2,1H3,(H,19,20,22). The Morgan fingerprint density at radius 3 is 2.82 bits per heavy atom. The Bertz CT molecular complexity index is 917. The molecule has 0 spiro atoms. The zero-order valence-corrected chi connectivity index (χ0v) is 15.5. The number of piperazine rings is 1. The van der Waals surface area contributed by atoms with Crippen molar-refractivity contribution in [3.8, 4) is 17.1 Å². The normalized spacial score (nSPS) is 14.3. The maximum absolute atomic E-state index is 12.5. The topological polar surface area (TPSA) is 113 Å². The summed E-state index contributed by atoms with van der Waals surface area (Å²) in [5.74, 6) is 2.39. The number of benzene rings is 1. The lowest BCUT2D eigenvalue weighted by Crippen LogP contribution is -2.49. The van der Waals surface area contributed by atoms with E-state index in [9.17, 15) is 4.79 Å². The Kier molecular flexibility index (Phi) is 5.18. The van der Waals surface area contributed by atoms with Gasteiger partial charge in [-0.25, -0.2) is 5.10 Å². The van der Waals surface area contributed by atoms with Crippen LogP contribution in [0.2, 0.25) is 0 Å². The first kappa shape index (κ1) is 18.0. The molecule has 4 rings (SSSR count). The highest BCUT2D eigenvalue weighted by Crippen LogP contribution is 2.27. The van der Waals surface area contributed by atoms with Gasteiger partial charge in [0.15, 0.2) is 0 Å². The molecule has 28 heavy (non-hydrogen) atoms. The molecule has 1 aliphatic heterocycles. The van der Waals surface area contributed by atoms with Gasteiger partial charge < -0.3 is 19.1 Å². The minimum Gasteiger partial charge on any atom is -0.496 e. The zero-order chi connectivity index (χ0) is 19.3. The number of nitrogens with zero attached hydrogens (tertiary/aromatic N) is 6. The predicted molar refractivity (Wildman–Crippen MR) is 99.8 cm³/mol. The van der Waals surface area contributed by atoms with Gasteiger partial charge in [0.05, 0.1) is 12.7 Å². The van der Waals surface area contributed by atoms with E-state index in [0.29, 0.717) is 43.4 Å². The van der Waals surface area contributed by atoms with E-state index in [2.05, 4.69) is 30.2 Å². The van der Waals surface area contributed by atoms with Gasteiger partial charge in [-0.05, 0) is 12.1 Å². The van der Waals surface area contributed by atoms with E-state index in [1.807, 2.05) is 29.2 Å². The smallest absolute Gasteiger partial charge is 0.227 e. The van der Waals surface area contributed by atoms with Gasteiger partial charge in [-0.2, -0.15) is 15.1 Å². The number of para-hydroxylation sites is 1. The van der Waals surface area contributed by atoms with Gasteiger partial charge in [-0.1, -0.05) is 17.3 Å². The molecule has 0 atom stereocenters. The van der Waals surface area contributed by atoms with Crippen molar-refractivity contribution in [1.29, 1.82) is 0 Å². The summed E-state index contributed by atoms with van der Waals surface area (Å²) >= 11 is 0. The summed E-state index contributed by atoms with van der Waals surface area (Å²) in [6.07, 6.45) is 2.22. The highest BCUT2D eigenvalue weighted by Gasteiger charge is 2.23. The van der Waals surface area contributed by atoms with E-state index >= 15 is 0 Å². The van der Waals surface area contributed by atoms with Crippen LogP contribution >= 0.6 is 0 Å². The van der Waals surface area contributed by atoms with Crippen molar-refractivity contribution in [1.82, 2.24) is 30.2 Å². The molecule has 10 nitrogen and oxygen atoms in total. The van der Waals surface area contributed by atoms with Crippen LogP contribution in [0.5, 0.6) is 5.75 Å². The lowest BCUT2D eigenvalue weighted by atomic mass is 10.2. The molecule has 1 amide bonds. The highest BCUT2D eigenvalue weighted by atomic mass is 16.5. The number of hydrogen-bond donors (Lipinski definition) is 1. The fourth-order valence-electron chi connectivity index (χ4n) is 3.19. The first-order chi connectivity index (χ1) is 13.7. The number of ether oxygens (including phenoxy) is 1. The molecule has 3 aromatic rings. The fourth-order valence-corrected chi connectivity index (χ4v) is 3.19. The largest absolute Gasteiger partial charge is 0.496 e. The number of aromatic nitrogens is 5. The first-order valence-corrected chi connectivity index (χ1v) is 9.08. The number of rotatable bonds is 6. The summed E-state index contributed by atoms with van der Waals surface area (Å²) in [5, 5.41) is 10.7. The SMILES string of the molecule is COc1ccccc1-c1noc(CCC(=O)N2CCN(c3ncn[nH]3)CC2)n1. The number of nitrogens with one attached hydrogen (secondary N) is 1. The molecule has 1 N–H and O–H groups in total. The maximum Gasteiger partial charge on any atom is 0.227 e. The Morgan fingerprint density at radius 2 is 2.07 bits per heavy atom. The average Bonchev–Trinajstić information content (AvgIpc) is 3.44. The number of amides is 1. The van der Waals surface area contributed by atoms with Crippen molar-refractivity contribution in [2.24, 2.45) is 0 Å². The molecule has 3 heterocycles. The molecule has 1 fully saturated rings. The Hall–Kier alpha value is -3.43. The van der Waals surface area contributed by atoms with E-state index in [1.54, 1.807) is 7.11 Å². The summed E-state index contributed by atoms with van der Waals surface area (Å²) < 4.78 is 10.6. The molecule has 0 bridgehead atoms. The molecule has 0 radical (unpaired) electrons. The van der Waals surface area contributed by atoms with Crippen LogP contribution in [0.1, 0.15) is 12.3 Å². The molecule has 146 valence electrons. The number of carbonyl (C=O) groups excluding carboxylic acids is 1. The van der Waals surface area contributed by atoms with Gasteiger partial charge in [-0.3, -0.25) is 4.79 Å². The van der Waals surface area contributed by atoms with Gasteiger partial charge in [0, 0.05) is 39.0 Å². The van der Waals surface area contributed by atoms with E-state index in [4.69, 9.17) is 9.26 Å². The molecule has 0 aliphatic carbocycles. The average molecular weight is 383 g/mol. The summed E-state index contributed by atoms with van der Waals surface area (Å²) in [5.41, 5.74) is 0.759. The summed E-state index contributed by atoms with van der Waals surface area (Å²) in [6, 6.07) is 7.47. The van der Waals surface area contributed by atoms with Crippen molar-refractivity contribution in [2.45, 2.75) is 12.8 Å². The molecule has 1 saturated heterocycles. The second-order valence-corrected chi connectivity index (χ2v) is 6.39. The van der Waals surface area contributed by atoms with Crippen LogP contribution < -0.4 is 9.64 Å². The van der Waals surface area contributed by atoms with Crippen LogP contribution in [-0.2, 0) is 11.2 Å². The molecular weight excluding hydrogens is 362 g/mol. The number of methoxy groups -OCH3 is 1. The van der Waals surface area contributed by atoms with Crippen molar-refractivity contribution in [3.63, 3.8) is 0 Å². The van der Waals surface area contributed by atoms with E-state index in [-0.39, 0.29) is 5.91 Å². The Labute approximate surface area is 161 Å². The summed E-state index contributed by atoms with van der Waals surface area (Å²) in [4.78, 5) is 25.0. The van der Waals surface area contributed by atoms with E-state index in [0.717, 1.165) is 24.6 Å². The number of H-pyrrole nitrogens is 1. The molecule has 0 saturated carbocycles. The van der Waals surface area contributed by atoms with Gasteiger partial charge in [-0.15, -0.1) is 0 Å². The Balaban J connectivity index is 1.30. The monoisotopic (exact) mass is 383 g/mol. The molecule has 2 aromatic heterocycles. The van der Waals surface area contributed by atoms with Crippen molar-refractivity contribution in [2.75, 3.05) is 38.2 Å². The minimum atomic E-state index is 0.0780. The van der Waals surface area contributed by atoms with Gasteiger partial charge in [0.2, 0.25) is 23.6 Å². The number of aromatic amines is 1. The molecule has 1 aromatic carbocycles. The van der Waals surface area contributed by atoms with Crippen LogP contribution in [0.15, 0.2) is 35.1 Å². The number of hydrogen-bond acceptors (Lipinski definition) is 8. The van der Waals surface area contributed by atoms with Crippen molar-refractivity contribution >= 4 is 11.9 Å². The summed E-state index contributed by atoms with van der Waals surface area (Å²) in [6.45, 7) is 2.74. The number of carbonyl (C=O) groups is 1. The van der Waals surface area contributed by atoms with Crippen LogP contribution in [0.4, 0.5) is 5.95 Å². The van der Waals surface area contributed by atoms with Crippen LogP contribution in [0.25, 0.3) is 11.4 Å². The third-order valence-corrected chi connectivity index (χ3v) is 4.70. The first-order valence-electron chi connectivity index (χ1n) is 9.08. The van der Waals surface area contributed by atoms with Crippen LogP contribution in [-0.4, -0.2) is 69.4 Å². The lowest BCUT2D eigenvalue weighted by molar-refractivity contribution is -0.131. The minimum absolute atomic E-state index is 0.0780. The second-order valence-electron chi connectivity index (χ2n) is 6.39. The van der Waals surface area contributed by atoms with Crippen LogP contribution in [0, 0.1) is 0 Å². The lowest BCUT2D eigenvalue weighted by Gasteiger charge is -2.34. The predicted octanol–water partition coefficient (Wildman–Crippen LogP) is 1.14. The van der Waals surface area contributed by atoms with Crippen molar-refractivity contribution in [3.05, 3.63) is 36.5 Å². The van der Waals surface area contributed by atoms with Gasteiger partial charge in [0.1, 0.15) is 12.1 Å². The third-order valence-electron chi connectivity index (χ3n) is 4.70. The van der Waals surface area contributed by atoms with Crippen LogP contribution in [0.3, 0.4) is 0 Å². The molecule has 10 heteroatoms. The van der Waals surface area contributed by atoms with Gasteiger partial charge >= 0.3 is 0 Å². The number of anilines is 1. The fraction of sp³-hybridized carbons (Fsp3) is 0.389. The van der Waals surface area contributed by atoms with E-state index < -0.39 is 0 Å². The van der Waals surface area contributed by atoms with E-state index in [1.165, 1.54) is 6.33 Å². The van der Waals surface area contributed by atoms with Crippen molar-refractivity contribution < 1.29 is 14.1 Å². The highest BCUT2D eigenvalue weighted by molar-refractivity contribution is 5.76. The Morgan fingerprint density at radius 1 is 1.25 bits per heavy atom. The third kappa shape index (κ3) is 3.80. The molecular formula is C18H21N7O3. The second kappa shape index (κ2) is 8.07. The van der Waals surface area contributed by atoms with Gasteiger partial charge in [0.25, 0.3) is 0 Å². The quantitative estimate of drug-likeness (QED) is 0.674. The maximum atomic E-state index is 12.5. The number of aryl methyl sites for hydroxylation is 1. The molecule has 0 unspecified atom stereocenters. The summed E-state index contributed by atoms with van der Waals surface area (Å²) in [7, 11) is 1.60. The zero-order valence-electron chi connectivity index (χ0n) is 15.5.